The molecule has 168 valence electrons. The fourth-order valence-electron chi connectivity index (χ4n) is 7.03. The third-order valence-corrected chi connectivity index (χ3v) is 9.07. The van der Waals surface area contributed by atoms with E-state index in [4.69, 9.17) is 0 Å². The maximum absolute atomic E-state index is 10.3. The number of fused-ring (bicyclic) bond motifs is 1. The summed E-state index contributed by atoms with van der Waals surface area (Å²) in [6.45, 7) is 9.01. The monoisotopic (exact) mass is 414 g/mol. The Morgan fingerprint density at radius 1 is 1.13 bits per heavy atom. The predicted octanol–water partition coefficient (Wildman–Crippen LogP) is 5.31. The Bertz CT molecular complexity index is 703. The molecule has 7 atom stereocenters. The van der Waals surface area contributed by atoms with E-state index in [1.54, 1.807) is 5.57 Å². The van der Waals surface area contributed by atoms with Gasteiger partial charge in [0.25, 0.3) is 0 Å². The van der Waals surface area contributed by atoms with Gasteiger partial charge in [-0.1, -0.05) is 38.2 Å². The lowest BCUT2D eigenvalue weighted by molar-refractivity contribution is 0.0784. The van der Waals surface area contributed by atoms with E-state index in [-0.39, 0.29) is 6.10 Å². The van der Waals surface area contributed by atoms with Crippen molar-refractivity contribution in [2.45, 2.75) is 103 Å². The van der Waals surface area contributed by atoms with Crippen molar-refractivity contribution in [2.75, 3.05) is 0 Å². The minimum Gasteiger partial charge on any atom is -0.393 e. The van der Waals surface area contributed by atoms with Crippen LogP contribution >= 0.6 is 0 Å². The van der Waals surface area contributed by atoms with Crippen molar-refractivity contribution in [1.82, 2.24) is 0 Å². The van der Waals surface area contributed by atoms with Gasteiger partial charge >= 0.3 is 0 Å². The first-order valence-corrected chi connectivity index (χ1v) is 12.4. The summed E-state index contributed by atoms with van der Waals surface area (Å²) >= 11 is 0. The summed E-state index contributed by atoms with van der Waals surface area (Å²) in [4.78, 5) is 0. The molecule has 0 aliphatic heterocycles. The molecular formula is C27H42O3. The van der Waals surface area contributed by atoms with Crippen LogP contribution in [-0.2, 0) is 0 Å². The minimum absolute atomic E-state index is 0.0693. The molecule has 0 saturated heterocycles. The van der Waals surface area contributed by atoms with Gasteiger partial charge in [0.2, 0.25) is 0 Å². The Morgan fingerprint density at radius 2 is 1.90 bits per heavy atom. The van der Waals surface area contributed by atoms with Gasteiger partial charge < -0.3 is 15.3 Å². The Balaban J connectivity index is 1.44. The van der Waals surface area contributed by atoms with Gasteiger partial charge in [-0.15, -0.1) is 0 Å². The van der Waals surface area contributed by atoms with Gasteiger partial charge in [-0.3, -0.25) is 0 Å². The largest absolute Gasteiger partial charge is 0.393 e. The van der Waals surface area contributed by atoms with E-state index in [0.717, 1.165) is 29.9 Å². The summed E-state index contributed by atoms with van der Waals surface area (Å²) in [6, 6.07) is 0. The second-order valence-corrected chi connectivity index (χ2v) is 11.1. The molecule has 3 N–H and O–H groups in total. The summed E-state index contributed by atoms with van der Waals surface area (Å²) < 4.78 is 0. The number of allylic oxidation sites excluding steroid dienone is 3. The van der Waals surface area contributed by atoms with Gasteiger partial charge in [0, 0.05) is 6.42 Å². The van der Waals surface area contributed by atoms with E-state index in [9.17, 15) is 15.3 Å². The third-order valence-electron chi connectivity index (χ3n) is 9.07. The van der Waals surface area contributed by atoms with Crippen molar-refractivity contribution in [3.8, 4) is 0 Å². The number of hydrogen-bond donors (Lipinski definition) is 3. The molecule has 0 aromatic rings. The highest BCUT2D eigenvalue weighted by Gasteiger charge is 2.50. The summed E-state index contributed by atoms with van der Waals surface area (Å²) in [5, 5.41) is 30.5. The van der Waals surface area contributed by atoms with Crippen molar-refractivity contribution < 1.29 is 15.3 Å². The molecule has 0 unspecified atom stereocenters. The van der Waals surface area contributed by atoms with Crippen molar-refractivity contribution in [3.05, 3.63) is 35.5 Å². The van der Waals surface area contributed by atoms with Crippen molar-refractivity contribution >= 4 is 0 Å². The molecule has 30 heavy (non-hydrogen) atoms. The zero-order valence-electron chi connectivity index (χ0n) is 19.0. The third kappa shape index (κ3) is 4.49. The second-order valence-electron chi connectivity index (χ2n) is 11.1. The first-order valence-electron chi connectivity index (χ1n) is 12.4. The van der Waals surface area contributed by atoms with E-state index in [2.05, 4.69) is 32.6 Å². The van der Waals surface area contributed by atoms with Crippen molar-refractivity contribution in [1.29, 1.82) is 0 Å². The maximum Gasteiger partial charge on any atom is 0.0811 e. The molecule has 0 amide bonds. The lowest BCUT2D eigenvalue weighted by atomic mass is 9.60. The van der Waals surface area contributed by atoms with E-state index in [1.807, 2.05) is 0 Å². The van der Waals surface area contributed by atoms with Gasteiger partial charge in [0.15, 0.2) is 0 Å². The number of rotatable bonds is 6. The van der Waals surface area contributed by atoms with Crippen LogP contribution in [0.4, 0.5) is 0 Å². The van der Waals surface area contributed by atoms with Crippen LogP contribution in [0.3, 0.4) is 0 Å². The molecular weight excluding hydrogens is 372 g/mol. The van der Waals surface area contributed by atoms with Crippen LogP contribution < -0.4 is 0 Å². The molecule has 0 radical (unpaired) electrons. The Morgan fingerprint density at radius 3 is 2.63 bits per heavy atom. The van der Waals surface area contributed by atoms with Crippen molar-refractivity contribution in [2.24, 2.45) is 29.1 Å². The van der Waals surface area contributed by atoms with Crippen LogP contribution in [0.15, 0.2) is 35.5 Å². The Labute approximate surface area is 183 Å². The first kappa shape index (κ1) is 22.3. The van der Waals surface area contributed by atoms with E-state index < -0.39 is 12.2 Å². The Hall–Kier alpha value is -0.900. The standard InChI is InChI=1S/C27H42O3/c1-17(6-13-25(29)20-8-9-20)23-11-12-24-19(5-4-14-27(23,24)3)7-10-21-15-22(28)16-26(30)18(21)2/h7,10,17,20,22-26,28-30H,2,4-6,8-9,11-16H2,1,3H3/b19-7+,21-10-/t17-,22-,23-,24+,25-,26+,27-/m0/s1. The highest BCUT2D eigenvalue weighted by molar-refractivity contribution is 5.38. The molecule has 4 saturated carbocycles. The fourth-order valence-corrected chi connectivity index (χ4v) is 7.03. The summed E-state index contributed by atoms with van der Waals surface area (Å²) in [5.41, 5.74) is 3.72. The topological polar surface area (TPSA) is 60.7 Å². The molecule has 4 fully saturated rings. The van der Waals surface area contributed by atoms with Gasteiger partial charge in [-0.2, -0.15) is 0 Å². The zero-order valence-corrected chi connectivity index (χ0v) is 19.0. The zero-order chi connectivity index (χ0) is 21.5. The van der Waals surface area contributed by atoms with Crippen LogP contribution in [0.1, 0.15) is 84.5 Å². The summed E-state index contributed by atoms with van der Waals surface area (Å²) in [6.07, 6.45) is 15.2. The van der Waals surface area contributed by atoms with Crippen LogP contribution in [0.25, 0.3) is 0 Å². The normalized spacial score (nSPS) is 41.8. The smallest absolute Gasteiger partial charge is 0.0811 e. The maximum atomic E-state index is 10.3. The molecule has 0 bridgehead atoms. The average molecular weight is 415 g/mol. The number of aliphatic hydroxyl groups excluding tert-OH is 3. The molecule has 0 aromatic carbocycles. The second kappa shape index (κ2) is 8.92. The molecule has 0 heterocycles. The highest BCUT2D eigenvalue weighted by Crippen LogP contribution is 2.60. The quantitative estimate of drug-likeness (QED) is 0.552. The minimum atomic E-state index is -0.613. The van der Waals surface area contributed by atoms with Gasteiger partial charge in [-0.25, -0.2) is 0 Å². The molecule has 0 aromatic heterocycles. The van der Waals surface area contributed by atoms with Crippen LogP contribution in [0.2, 0.25) is 0 Å². The molecule has 3 heteroatoms. The van der Waals surface area contributed by atoms with Gasteiger partial charge in [0.1, 0.15) is 0 Å². The summed E-state index contributed by atoms with van der Waals surface area (Å²) in [7, 11) is 0. The van der Waals surface area contributed by atoms with E-state index >= 15 is 0 Å². The van der Waals surface area contributed by atoms with Crippen LogP contribution in [0.5, 0.6) is 0 Å². The van der Waals surface area contributed by atoms with Gasteiger partial charge in [-0.05, 0) is 104 Å². The molecule has 0 spiro atoms. The highest BCUT2D eigenvalue weighted by atomic mass is 16.3. The average Bonchev–Trinajstić information content (AvgIpc) is 3.49. The first-order chi connectivity index (χ1) is 14.3. The number of hydrogen-bond acceptors (Lipinski definition) is 3. The molecule has 4 rings (SSSR count). The lowest BCUT2D eigenvalue weighted by Gasteiger charge is -2.44. The van der Waals surface area contributed by atoms with E-state index in [0.29, 0.717) is 36.0 Å². The predicted molar refractivity (Wildman–Crippen MR) is 122 cm³/mol. The van der Waals surface area contributed by atoms with E-state index in [1.165, 1.54) is 44.9 Å². The van der Waals surface area contributed by atoms with Gasteiger partial charge in [0.05, 0.1) is 18.3 Å². The van der Waals surface area contributed by atoms with Crippen LogP contribution in [0, 0.1) is 29.1 Å². The Kier molecular flexibility index (Phi) is 6.63. The molecule has 4 aliphatic carbocycles. The lowest BCUT2D eigenvalue weighted by Crippen LogP contribution is -2.36. The van der Waals surface area contributed by atoms with Crippen molar-refractivity contribution in [3.63, 3.8) is 0 Å². The number of aliphatic hydroxyl groups is 3. The molecule has 3 nitrogen and oxygen atoms in total. The molecule has 4 aliphatic rings. The van der Waals surface area contributed by atoms with Crippen LogP contribution in [-0.4, -0.2) is 33.6 Å². The fraction of sp³-hybridized carbons (Fsp3) is 0.778. The SMILES string of the molecule is C=C1/C(=C\C=C2/CCC[C@]3(C)[C@@H]2CC[C@H]3[C@@H](C)CC[C@H](O)C2CC2)C[C@H](O)C[C@H]1O. The summed E-state index contributed by atoms with van der Waals surface area (Å²) in [5.74, 6) is 2.66.